The van der Waals surface area contributed by atoms with Crippen LogP contribution in [0.2, 0.25) is 5.02 Å². The minimum atomic E-state index is -0.881. The molecule has 2 aliphatic heterocycles. The van der Waals surface area contributed by atoms with Crippen molar-refractivity contribution in [3.8, 4) is 0 Å². The number of fused-ring (bicyclic) bond motifs is 1. The van der Waals surface area contributed by atoms with E-state index in [-0.39, 0.29) is 0 Å². The topological polar surface area (TPSA) is 49.8 Å². The zero-order valence-electron chi connectivity index (χ0n) is 9.86. The quantitative estimate of drug-likeness (QED) is 0.851. The number of hydrogen-bond donors (Lipinski definition) is 1. The van der Waals surface area contributed by atoms with Crippen molar-refractivity contribution in [3.05, 3.63) is 33.8 Å². The van der Waals surface area contributed by atoms with Gasteiger partial charge in [0.1, 0.15) is 0 Å². The highest BCUT2D eigenvalue weighted by molar-refractivity contribution is 6.31. The molecule has 1 saturated heterocycles. The third-order valence-electron chi connectivity index (χ3n) is 3.68. The summed E-state index contributed by atoms with van der Waals surface area (Å²) in [6.07, 6.45) is 0.106. The van der Waals surface area contributed by atoms with Crippen molar-refractivity contribution in [1.82, 2.24) is 4.90 Å². The molecule has 2 aliphatic rings. The third kappa shape index (κ3) is 1.95. The highest BCUT2D eigenvalue weighted by Gasteiger charge is 2.27. The van der Waals surface area contributed by atoms with Crippen LogP contribution in [0.5, 0.6) is 0 Å². The standard InChI is InChI=1S/C13H14ClNO3/c14-12-4-10-6-15(13(16)17)5-9(10)3-11(12)8-1-2-18-7-8/h3-4,8H,1-2,5-7H2,(H,16,17). The fourth-order valence-corrected chi connectivity index (χ4v) is 3.01. The first kappa shape index (κ1) is 11.8. The van der Waals surface area contributed by atoms with Gasteiger partial charge in [0.05, 0.1) is 6.61 Å². The molecule has 0 aliphatic carbocycles. The molecule has 18 heavy (non-hydrogen) atoms. The van der Waals surface area contributed by atoms with Crippen molar-refractivity contribution < 1.29 is 14.6 Å². The van der Waals surface area contributed by atoms with Crippen LogP contribution in [0, 0.1) is 0 Å². The molecule has 0 spiro atoms. The first-order valence-electron chi connectivity index (χ1n) is 6.02. The second kappa shape index (κ2) is 4.44. The molecule has 4 nitrogen and oxygen atoms in total. The lowest BCUT2D eigenvalue weighted by Gasteiger charge is -2.12. The zero-order valence-corrected chi connectivity index (χ0v) is 10.6. The minimum absolute atomic E-state index is 0.349. The average molecular weight is 268 g/mol. The predicted molar refractivity (Wildman–Crippen MR) is 66.9 cm³/mol. The summed E-state index contributed by atoms with van der Waals surface area (Å²) < 4.78 is 5.38. The van der Waals surface area contributed by atoms with Gasteiger partial charge >= 0.3 is 6.09 Å². The lowest BCUT2D eigenvalue weighted by Crippen LogP contribution is -2.22. The Morgan fingerprint density at radius 2 is 2.11 bits per heavy atom. The van der Waals surface area contributed by atoms with E-state index in [1.165, 1.54) is 4.90 Å². The van der Waals surface area contributed by atoms with Crippen molar-refractivity contribution in [1.29, 1.82) is 0 Å². The summed E-state index contributed by atoms with van der Waals surface area (Å²) in [5.41, 5.74) is 3.19. The molecule has 0 bridgehead atoms. The number of halogens is 1. The van der Waals surface area contributed by atoms with Crippen molar-refractivity contribution in [2.75, 3.05) is 13.2 Å². The van der Waals surface area contributed by atoms with Crippen LogP contribution >= 0.6 is 11.6 Å². The molecular formula is C13H14ClNO3. The molecule has 1 N–H and O–H groups in total. The summed E-state index contributed by atoms with van der Waals surface area (Å²) >= 11 is 6.29. The molecule has 1 fully saturated rings. The highest BCUT2D eigenvalue weighted by atomic mass is 35.5. The maximum Gasteiger partial charge on any atom is 0.407 e. The molecular weight excluding hydrogens is 254 g/mol. The van der Waals surface area contributed by atoms with Gasteiger partial charge in [-0.05, 0) is 29.2 Å². The maximum atomic E-state index is 11.0. The summed E-state index contributed by atoms with van der Waals surface area (Å²) in [4.78, 5) is 12.4. The van der Waals surface area contributed by atoms with E-state index in [1.807, 2.05) is 6.07 Å². The van der Waals surface area contributed by atoms with Gasteiger partial charge < -0.3 is 9.84 Å². The van der Waals surface area contributed by atoms with Gasteiger partial charge in [0.25, 0.3) is 0 Å². The number of nitrogens with zero attached hydrogens (tertiary/aromatic N) is 1. The van der Waals surface area contributed by atoms with Crippen molar-refractivity contribution in [3.63, 3.8) is 0 Å². The summed E-state index contributed by atoms with van der Waals surface area (Å²) in [6.45, 7) is 2.38. The summed E-state index contributed by atoms with van der Waals surface area (Å²) in [6, 6.07) is 3.97. The maximum absolute atomic E-state index is 11.0. The molecule has 1 aromatic rings. The lowest BCUT2D eigenvalue weighted by atomic mass is 9.95. The van der Waals surface area contributed by atoms with Gasteiger partial charge in [-0.3, -0.25) is 4.90 Å². The van der Waals surface area contributed by atoms with Gasteiger partial charge in [0.15, 0.2) is 0 Å². The number of rotatable bonds is 1. The van der Waals surface area contributed by atoms with Gasteiger partial charge in [0, 0.05) is 30.6 Å². The Morgan fingerprint density at radius 1 is 1.39 bits per heavy atom. The Balaban J connectivity index is 1.92. The number of carbonyl (C=O) groups is 1. The van der Waals surface area contributed by atoms with Crippen molar-refractivity contribution >= 4 is 17.7 Å². The fraction of sp³-hybridized carbons (Fsp3) is 0.462. The van der Waals surface area contributed by atoms with E-state index < -0.39 is 6.09 Å². The summed E-state index contributed by atoms with van der Waals surface area (Å²) in [5.74, 6) is 0.349. The number of amides is 1. The van der Waals surface area contributed by atoms with E-state index in [9.17, 15) is 4.79 Å². The first-order chi connectivity index (χ1) is 8.65. The number of carboxylic acid groups (broad SMARTS) is 1. The monoisotopic (exact) mass is 267 g/mol. The Labute approximate surface area is 110 Å². The van der Waals surface area contributed by atoms with E-state index in [4.69, 9.17) is 21.4 Å². The van der Waals surface area contributed by atoms with Crippen LogP contribution in [0.4, 0.5) is 4.79 Å². The van der Waals surface area contributed by atoms with Crippen LogP contribution in [0.1, 0.15) is 29.0 Å². The Hall–Kier alpha value is -1.26. The SMILES string of the molecule is O=C(O)N1Cc2cc(Cl)c(C3CCOC3)cc2C1. The van der Waals surface area contributed by atoms with E-state index in [1.54, 1.807) is 0 Å². The molecule has 2 heterocycles. The molecule has 1 atom stereocenters. The van der Waals surface area contributed by atoms with E-state index in [2.05, 4.69) is 6.07 Å². The number of ether oxygens (including phenoxy) is 1. The Kier molecular flexibility index (Phi) is 2.92. The summed E-state index contributed by atoms with van der Waals surface area (Å²) in [7, 11) is 0. The van der Waals surface area contributed by atoms with Crippen LogP contribution in [0.25, 0.3) is 0 Å². The van der Waals surface area contributed by atoms with Gasteiger partial charge in [-0.2, -0.15) is 0 Å². The van der Waals surface area contributed by atoms with Crippen molar-refractivity contribution in [2.24, 2.45) is 0 Å². The van der Waals surface area contributed by atoms with Gasteiger partial charge in [-0.15, -0.1) is 0 Å². The van der Waals surface area contributed by atoms with Gasteiger partial charge in [0.2, 0.25) is 0 Å². The normalized spacial score (nSPS) is 22.3. The minimum Gasteiger partial charge on any atom is -0.465 e. The average Bonchev–Trinajstić information content (AvgIpc) is 2.95. The molecule has 0 radical (unpaired) electrons. The lowest BCUT2D eigenvalue weighted by molar-refractivity contribution is 0.145. The molecule has 1 amide bonds. The van der Waals surface area contributed by atoms with Gasteiger partial charge in [-0.1, -0.05) is 17.7 Å². The van der Waals surface area contributed by atoms with Crippen LogP contribution < -0.4 is 0 Å². The van der Waals surface area contributed by atoms with Gasteiger partial charge in [-0.25, -0.2) is 4.79 Å². The molecule has 1 aromatic carbocycles. The van der Waals surface area contributed by atoms with Crippen LogP contribution in [0.15, 0.2) is 12.1 Å². The smallest absolute Gasteiger partial charge is 0.407 e. The van der Waals surface area contributed by atoms with Crippen LogP contribution in [-0.4, -0.2) is 29.3 Å². The number of benzene rings is 1. The van der Waals surface area contributed by atoms with Crippen molar-refractivity contribution in [2.45, 2.75) is 25.4 Å². The molecule has 0 saturated carbocycles. The molecule has 3 rings (SSSR count). The van der Waals surface area contributed by atoms with Crippen LogP contribution in [-0.2, 0) is 17.8 Å². The van der Waals surface area contributed by atoms with E-state index in [0.717, 1.165) is 34.7 Å². The van der Waals surface area contributed by atoms with E-state index in [0.29, 0.717) is 25.6 Å². The summed E-state index contributed by atoms with van der Waals surface area (Å²) in [5, 5.41) is 9.74. The second-order valence-electron chi connectivity index (χ2n) is 4.84. The van der Waals surface area contributed by atoms with Crippen LogP contribution in [0.3, 0.4) is 0 Å². The second-order valence-corrected chi connectivity index (χ2v) is 5.25. The third-order valence-corrected chi connectivity index (χ3v) is 4.01. The molecule has 96 valence electrons. The fourth-order valence-electron chi connectivity index (χ4n) is 2.67. The molecule has 5 heteroatoms. The molecule has 0 aromatic heterocycles. The zero-order chi connectivity index (χ0) is 12.7. The molecule has 1 unspecified atom stereocenters. The van der Waals surface area contributed by atoms with E-state index >= 15 is 0 Å². The number of hydrogen-bond acceptors (Lipinski definition) is 2. The highest BCUT2D eigenvalue weighted by Crippen LogP contribution is 2.35. The predicted octanol–water partition coefficient (Wildman–Crippen LogP) is 2.84. The largest absolute Gasteiger partial charge is 0.465 e. The Morgan fingerprint density at radius 3 is 2.72 bits per heavy atom. The first-order valence-corrected chi connectivity index (χ1v) is 6.40. The Bertz CT molecular complexity index is 497.